The van der Waals surface area contributed by atoms with Gasteiger partial charge in [-0.15, -0.1) is 0 Å². The molecule has 3 rings (SSSR count). The third-order valence-electron chi connectivity index (χ3n) is 5.66. The highest BCUT2D eigenvalue weighted by molar-refractivity contribution is 5.73. The molecule has 35 heavy (non-hydrogen) atoms. The predicted molar refractivity (Wildman–Crippen MR) is 112 cm³/mol. The summed E-state index contributed by atoms with van der Waals surface area (Å²) in [5, 5.41) is 73.6. The van der Waals surface area contributed by atoms with Crippen LogP contribution in [0.5, 0.6) is 5.75 Å². The number of benzene rings is 1. The van der Waals surface area contributed by atoms with Crippen molar-refractivity contribution in [2.45, 2.75) is 68.3 Å². The number of nitro benzene ring substituents is 1. The summed E-state index contributed by atoms with van der Waals surface area (Å²) in [5.74, 6) is -0.497. The number of amides is 1. The van der Waals surface area contributed by atoms with Gasteiger partial charge in [-0.3, -0.25) is 14.9 Å². The van der Waals surface area contributed by atoms with Gasteiger partial charge < -0.3 is 54.9 Å². The van der Waals surface area contributed by atoms with E-state index >= 15 is 0 Å². The van der Waals surface area contributed by atoms with Gasteiger partial charge in [-0.2, -0.15) is 0 Å². The maximum atomic E-state index is 11.9. The lowest BCUT2D eigenvalue weighted by Crippen LogP contribution is -2.68. The molecule has 15 heteroatoms. The van der Waals surface area contributed by atoms with Crippen molar-refractivity contribution in [3.05, 3.63) is 34.4 Å². The van der Waals surface area contributed by atoms with Crippen molar-refractivity contribution in [3.8, 4) is 5.75 Å². The van der Waals surface area contributed by atoms with E-state index in [1.54, 1.807) is 0 Å². The van der Waals surface area contributed by atoms with Gasteiger partial charge in [0, 0.05) is 19.1 Å². The third-order valence-corrected chi connectivity index (χ3v) is 5.66. The summed E-state index contributed by atoms with van der Waals surface area (Å²) in [5.41, 5.74) is -0.201. The molecule has 2 fully saturated rings. The molecule has 2 aliphatic rings. The van der Waals surface area contributed by atoms with Gasteiger partial charge in [-0.25, -0.2) is 0 Å². The Morgan fingerprint density at radius 3 is 2.09 bits per heavy atom. The van der Waals surface area contributed by atoms with Crippen LogP contribution in [-0.2, 0) is 19.0 Å². The minimum atomic E-state index is -1.80. The van der Waals surface area contributed by atoms with Crippen LogP contribution in [0.25, 0.3) is 0 Å². The van der Waals surface area contributed by atoms with E-state index in [1.807, 2.05) is 0 Å². The zero-order chi connectivity index (χ0) is 25.9. The van der Waals surface area contributed by atoms with Crippen LogP contribution in [0.2, 0.25) is 0 Å². The van der Waals surface area contributed by atoms with Crippen LogP contribution in [0, 0.1) is 10.1 Å². The standard InChI is InChI=1S/C20H28N2O13/c1-8(25)21-13-18(35-20-17(29)16(28)14(26)11(6-23)34-20)15(27)12(7-24)33-19(13)32-10-4-2-9(3-5-10)22(30)31/h2-5,11-20,23-24,26-29H,6-7H2,1H3,(H,21,25)/t11-,12-,13+,14+,15+,16+,17-,18-,19+,20+/m1/s1. The van der Waals surface area contributed by atoms with Crippen LogP contribution in [0.1, 0.15) is 6.92 Å². The molecule has 0 bridgehead atoms. The second-order valence-electron chi connectivity index (χ2n) is 8.11. The molecule has 1 aromatic carbocycles. The molecule has 0 spiro atoms. The molecule has 2 heterocycles. The van der Waals surface area contributed by atoms with Crippen molar-refractivity contribution >= 4 is 11.6 Å². The SMILES string of the molecule is CC(=O)N[C@@H]1[C@@H](Oc2ccc([N+](=O)[O-])cc2)O[C@H](CO)[C@H](O)[C@@H]1O[C@@H]1O[C@H](CO)[C@H](O)[C@H](O)[C@H]1O. The van der Waals surface area contributed by atoms with E-state index in [1.165, 1.54) is 31.2 Å². The summed E-state index contributed by atoms with van der Waals surface area (Å²) in [6, 6.07) is 3.63. The lowest BCUT2D eigenvalue weighted by atomic mass is 9.95. The fourth-order valence-electron chi connectivity index (χ4n) is 3.83. The molecule has 1 aromatic rings. The van der Waals surface area contributed by atoms with Gasteiger partial charge >= 0.3 is 0 Å². The maximum Gasteiger partial charge on any atom is 0.269 e. The smallest absolute Gasteiger partial charge is 0.269 e. The fraction of sp³-hybridized carbons (Fsp3) is 0.650. The number of aliphatic hydroxyl groups is 6. The minimum Gasteiger partial charge on any atom is -0.463 e. The zero-order valence-electron chi connectivity index (χ0n) is 18.5. The third kappa shape index (κ3) is 6.03. The molecule has 0 saturated carbocycles. The summed E-state index contributed by atoms with van der Waals surface area (Å²) >= 11 is 0. The van der Waals surface area contributed by atoms with Gasteiger partial charge in [0.2, 0.25) is 12.2 Å². The van der Waals surface area contributed by atoms with Crippen LogP contribution >= 0.6 is 0 Å². The van der Waals surface area contributed by atoms with Crippen molar-refractivity contribution < 1.29 is 59.3 Å². The molecule has 7 N–H and O–H groups in total. The highest BCUT2D eigenvalue weighted by atomic mass is 16.7. The highest BCUT2D eigenvalue weighted by Crippen LogP contribution is 2.31. The van der Waals surface area contributed by atoms with Gasteiger partial charge in [0.15, 0.2) is 6.29 Å². The number of nitrogens with one attached hydrogen (secondary N) is 1. The molecule has 2 saturated heterocycles. The Hall–Kier alpha value is -2.47. The first-order valence-corrected chi connectivity index (χ1v) is 10.7. The van der Waals surface area contributed by atoms with E-state index in [0.29, 0.717) is 0 Å². The summed E-state index contributed by atoms with van der Waals surface area (Å²) in [7, 11) is 0. The van der Waals surface area contributed by atoms with Gasteiger partial charge in [0.25, 0.3) is 5.69 Å². The molecule has 15 nitrogen and oxygen atoms in total. The van der Waals surface area contributed by atoms with Crippen molar-refractivity contribution in [3.63, 3.8) is 0 Å². The van der Waals surface area contributed by atoms with Gasteiger partial charge in [0.05, 0.1) is 18.1 Å². The Labute approximate surface area is 198 Å². The van der Waals surface area contributed by atoms with Crippen LogP contribution < -0.4 is 10.1 Å². The molecule has 10 atom stereocenters. The number of hydrogen-bond acceptors (Lipinski definition) is 13. The normalized spacial score (nSPS) is 37.5. The molecular formula is C20H28N2O13. The Morgan fingerprint density at radius 1 is 0.971 bits per heavy atom. The number of carbonyl (C=O) groups is 1. The highest BCUT2D eigenvalue weighted by Gasteiger charge is 2.52. The Morgan fingerprint density at radius 2 is 1.54 bits per heavy atom. The molecule has 0 radical (unpaired) electrons. The van der Waals surface area contributed by atoms with Crippen molar-refractivity contribution in [1.82, 2.24) is 5.32 Å². The summed E-state index contributed by atoms with van der Waals surface area (Å²) in [4.78, 5) is 22.2. The number of rotatable bonds is 8. The second kappa shape index (κ2) is 11.5. The number of nitro groups is 1. The largest absolute Gasteiger partial charge is 0.463 e. The van der Waals surface area contributed by atoms with Gasteiger partial charge in [-0.05, 0) is 12.1 Å². The molecule has 0 aliphatic carbocycles. The number of carbonyl (C=O) groups excluding carboxylic acids is 1. The van der Waals surface area contributed by atoms with Gasteiger partial charge in [0.1, 0.15) is 54.5 Å². The lowest BCUT2D eigenvalue weighted by molar-refractivity contribution is -0.384. The van der Waals surface area contributed by atoms with Gasteiger partial charge in [-0.1, -0.05) is 0 Å². The van der Waals surface area contributed by atoms with Crippen LogP contribution in [0.3, 0.4) is 0 Å². The average Bonchev–Trinajstić information content (AvgIpc) is 2.82. The molecule has 1 amide bonds. The number of aliphatic hydroxyl groups excluding tert-OH is 6. The quantitative estimate of drug-likeness (QED) is 0.136. The van der Waals surface area contributed by atoms with E-state index < -0.39 is 85.4 Å². The van der Waals surface area contributed by atoms with Crippen molar-refractivity contribution in [2.24, 2.45) is 0 Å². The minimum absolute atomic E-state index is 0.0932. The average molecular weight is 504 g/mol. The van der Waals surface area contributed by atoms with E-state index in [2.05, 4.69) is 5.32 Å². The zero-order valence-corrected chi connectivity index (χ0v) is 18.5. The molecule has 0 unspecified atom stereocenters. The first-order valence-electron chi connectivity index (χ1n) is 10.7. The summed E-state index contributed by atoms with van der Waals surface area (Å²) in [6.45, 7) is -0.262. The van der Waals surface area contributed by atoms with Crippen LogP contribution in [0.4, 0.5) is 5.69 Å². The first-order chi connectivity index (χ1) is 16.6. The monoisotopic (exact) mass is 504 g/mol. The number of hydrogen-bond donors (Lipinski definition) is 7. The lowest BCUT2D eigenvalue weighted by Gasteiger charge is -2.47. The summed E-state index contributed by atoms with van der Waals surface area (Å²) in [6.07, 6.45) is -13.9. The Bertz CT molecular complexity index is 869. The molecular weight excluding hydrogens is 476 g/mol. The van der Waals surface area contributed by atoms with Crippen molar-refractivity contribution in [1.29, 1.82) is 0 Å². The second-order valence-corrected chi connectivity index (χ2v) is 8.11. The van der Waals surface area contributed by atoms with Crippen LogP contribution in [0.15, 0.2) is 24.3 Å². The number of non-ortho nitro benzene ring substituents is 1. The van der Waals surface area contributed by atoms with E-state index in [4.69, 9.17) is 18.9 Å². The van der Waals surface area contributed by atoms with Crippen LogP contribution in [-0.4, -0.2) is 116 Å². The Balaban J connectivity index is 1.88. The predicted octanol–water partition coefficient (Wildman–Crippen LogP) is -3.26. The Kier molecular flexibility index (Phi) is 8.92. The summed E-state index contributed by atoms with van der Waals surface area (Å²) < 4.78 is 22.3. The van der Waals surface area contributed by atoms with E-state index in [9.17, 15) is 45.5 Å². The first kappa shape index (κ1) is 27.1. The molecule has 2 aliphatic heterocycles. The topological polar surface area (TPSA) is 231 Å². The molecule has 196 valence electrons. The fourth-order valence-corrected chi connectivity index (χ4v) is 3.83. The van der Waals surface area contributed by atoms with Crippen molar-refractivity contribution in [2.75, 3.05) is 13.2 Å². The number of nitrogens with zero attached hydrogens (tertiary/aromatic N) is 1. The molecule has 0 aromatic heterocycles. The van der Waals surface area contributed by atoms with E-state index in [-0.39, 0.29) is 11.4 Å². The number of ether oxygens (including phenoxy) is 4. The maximum absolute atomic E-state index is 11.9. The van der Waals surface area contributed by atoms with E-state index in [0.717, 1.165) is 0 Å².